The highest BCUT2D eigenvalue weighted by Gasteiger charge is 2.04. The zero-order valence-corrected chi connectivity index (χ0v) is 15.3. The molecule has 0 aromatic heterocycles. The number of allylic oxidation sites excluding steroid dienone is 1. The Balaban J connectivity index is 3.50. The maximum Gasteiger partial charge on any atom is 0.333 e. The second kappa shape index (κ2) is 16.6. The molecule has 0 radical (unpaired) electrons. The first-order valence-corrected chi connectivity index (χ1v) is 9.56. The second-order valence-corrected chi connectivity index (χ2v) is 6.35. The fourth-order valence-electron chi connectivity index (χ4n) is 2.49. The monoisotopic (exact) mass is 310 g/mol. The molecule has 0 saturated carbocycles. The minimum absolute atomic E-state index is 0.125. The molecule has 0 bridgehead atoms. The van der Waals surface area contributed by atoms with Crippen molar-refractivity contribution in [1.82, 2.24) is 0 Å². The molecule has 2 nitrogen and oxygen atoms in total. The van der Waals surface area contributed by atoms with Gasteiger partial charge in [0.2, 0.25) is 0 Å². The van der Waals surface area contributed by atoms with Gasteiger partial charge >= 0.3 is 5.97 Å². The van der Waals surface area contributed by atoms with Crippen LogP contribution in [0.15, 0.2) is 11.6 Å². The van der Waals surface area contributed by atoms with E-state index in [1.54, 1.807) is 0 Å². The van der Waals surface area contributed by atoms with Crippen LogP contribution in [0.1, 0.15) is 104 Å². The van der Waals surface area contributed by atoms with Crippen LogP contribution < -0.4 is 0 Å². The minimum atomic E-state index is -0.125. The van der Waals surface area contributed by atoms with Crippen molar-refractivity contribution in [3.05, 3.63) is 11.6 Å². The van der Waals surface area contributed by atoms with Crippen LogP contribution in [0.2, 0.25) is 0 Å². The van der Waals surface area contributed by atoms with Crippen LogP contribution >= 0.6 is 0 Å². The Bertz CT molecular complexity index is 281. The molecule has 0 aliphatic rings. The number of hydrogen-bond acceptors (Lipinski definition) is 2. The molecule has 130 valence electrons. The lowest BCUT2D eigenvalue weighted by molar-refractivity contribution is -0.139. The van der Waals surface area contributed by atoms with Gasteiger partial charge in [-0.1, -0.05) is 84.1 Å². The van der Waals surface area contributed by atoms with Gasteiger partial charge < -0.3 is 4.74 Å². The standard InChI is InChI=1S/C20H38O2/c1-4-6-8-10-12-13-15-17-19(3)20(21)22-18-16-14-11-9-7-5-2/h17H,4-16,18H2,1-3H3/b19-17+. The van der Waals surface area contributed by atoms with Gasteiger partial charge in [0, 0.05) is 5.57 Å². The van der Waals surface area contributed by atoms with Gasteiger partial charge in [0.05, 0.1) is 6.61 Å². The number of rotatable bonds is 15. The Labute approximate surface area is 138 Å². The van der Waals surface area contributed by atoms with Crippen LogP contribution in [0.3, 0.4) is 0 Å². The average Bonchev–Trinajstić information content (AvgIpc) is 2.52. The van der Waals surface area contributed by atoms with Crippen molar-refractivity contribution in [2.75, 3.05) is 6.61 Å². The van der Waals surface area contributed by atoms with E-state index in [9.17, 15) is 4.79 Å². The van der Waals surface area contributed by atoms with Gasteiger partial charge in [-0.25, -0.2) is 4.79 Å². The van der Waals surface area contributed by atoms with E-state index in [4.69, 9.17) is 4.74 Å². The first-order valence-electron chi connectivity index (χ1n) is 9.56. The number of esters is 1. The Kier molecular flexibility index (Phi) is 16.0. The van der Waals surface area contributed by atoms with Crippen molar-refractivity contribution < 1.29 is 9.53 Å². The van der Waals surface area contributed by atoms with Crippen molar-refractivity contribution in [2.45, 2.75) is 104 Å². The van der Waals surface area contributed by atoms with Crippen LogP contribution in [0.4, 0.5) is 0 Å². The van der Waals surface area contributed by atoms with Crippen LogP contribution in [0.5, 0.6) is 0 Å². The molecule has 2 heteroatoms. The summed E-state index contributed by atoms with van der Waals surface area (Å²) in [5, 5.41) is 0. The van der Waals surface area contributed by atoms with Crippen molar-refractivity contribution in [2.24, 2.45) is 0 Å². The Morgan fingerprint density at radius 3 is 1.86 bits per heavy atom. The Morgan fingerprint density at radius 2 is 1.27 bits per heavy atom. The zero-order valence-electron chi connectivity index (χ0n) is 15.3. The van der Waals surface area contributed by atoms with Gasteiger partial charge in [0.25, 0.3) is 0 Å². The summed E-state index contributed by atoms with van der Waals surface area (Å²) in [7, 11) is 0. The number of hydrogen-bond donors (Lipinski definition) is 0. The molecule has 0 N–H and O–H groups in total. The van der Waals surface area contributed by atoms with Crippen LogP contribution in [-0.4, -0.2) is 12.6 Å². The summed E-state index contributed by atoms with van der Waals surface area (Å²) in [6, 6.07) is 0. The molecule has 0 saturated heterocycles. The summed E-state index contributed by atoms with van der Waals surface area (Å²) < 4.78 is 5.31. The van der Waals surface area contributed by atoms with Gasteiger partial charge in [-0.05, 0) is 26.2 Å². The first-order chi connectivity index (χ1) is 10.7. The molecule has 0 aromatic rings. The van der Waals surface area contributed by atoms with Gasteiger partial charge in [0.15, 0.2) is 0 Å². The lowest BCUT2D eigenvalue weighted by atomic mass is 10.1. The van der Waals surface area contributed by atoms with E-state index in [2.05, 4.69) is 13.8 Å². The van der Waals surface area contributed by atoms with Gasteiger partial charge in [0.1, 0.15) is 0 Å². The third-order valence-corrected chi connectivity index (χ3v) is 4.06. The summed E-state index contributed by atoms with van der Waals surface area (Å²) in [6.07, 6.45) is 18.2. The topological polar surface area (TPSA) is 26.3 Å². The number of unbranched alkanes of at least 4 members (excludes halogenated alkanes) is 11. The van der Waals surface area contributed by atoms with E-state index in [-0.39, 0.29) is 5.97 Å². The van der Waals surface area contributed by atoms with E-state index in [0.717, 1.165) is 18.4 Å². The smallest absolute Gasteiger partial charge is 0.333 e. The third kappa shape index (κ3) is 14.2. The van der Waals surface area contributed by atoms with Crippen molar-refractivity contribution in [3.63, 3.8) is 0 Å². The highest BCUT2D eigenvalue weighted by atomic mass is 16.5. The molecule has 0 amide bonds. The Hall–Kier alpha value is -0.790. The summed E-state index contributed by atoms with van der Waals surface area (Å²) in [6.45, 7) is 6.92. The number of carbonyl (C=O) groups excluding carboxylic acids is 1. The maximum absolute atomic E-state index is 11.8. The molecular weight excluding hydrogens is 272 g/mol. The minimum Gasteiger partial charge on any atom is -0.462 e. The van der Waals surface area contributed by atoms with E-state index in [1.807, 2.05) is 13.0 Å². The zero-order chi connectivity index (χ0) is 16.5. The predicted octanol–water partition coefficient (Wildman–Crippen LogP) is 6.59. The average molecular weight is 311 g/mol. The predicted molar refractivity (Wildman–Crippen MR) is 96.1 cm³/mol. The van der Waals surface area contributed by atoms with Gasteiger partial charge in [-0.3, -0.25) is 0 Å². The molecule has 0 fully saturated rings. The molecule has 0 aliphatic carbocycles. The van der Waals surface area contributed by atoms with E-state index in [0.29, 0.717) is 6.61 Å². The molecule has 0 unspecified atom stereocenters. The van der Waals surface area contributed by atoms with Crippen molar-refractivity contribution in [1.29, 1.82) is 0 Å². The molecule has 0 atom stereocenters. The number of carbonyl (C=O) groups is 1. The van der Waals surface area contributed by atoms with E-state index >= 15 is 0 Å². The largest absolute Gasteiger partial charge is 0.462 e. The highest BCUT2D eigenvalue weighted by Crippen LogP contribution is 2.09. The van der Waals surface area contributed by atoms with Gasteiger partial charge in [-0.2, -0.15) is 0 Å². The molecular formula is C20H38O2. The normalized spacial score (nSPS) is 11.7. The van der Waals surface area contributed by atoms with Crippen LogP contribution in [0.25, 0.3) is 0 Å². The SMILES string of the molecule is CCCCCCCC/C=C(\C)C(=O)OCCCCCCCC. The van der Waals surface area contributed by atoms with Crippen LogP contribution in [-0.2, 0) is 9.53 Å². The van der Waals surface area contributed by atoms with Crippen molar-refractivity contribution >= 4 is 5.97 Å². The first kappa shape index (κ1) is 21.2. The molecule has 0 aliphatic heterocycles. The van der Waals surface area contributed by atoms with E-state index in [1.165, 1.54) is 70.6 Å². The Morgan fingerprint density at radius 1 is 0.773 bits per heavy atom. The van der Waals surface area contributed by atoms with Crippen molar-refractivity contribution in [3.8, 4) is 0 Å². The fraction of sp³-hybridized carbons (Fsp3) is 0.850. The third-order valence-electron chi connectivity index (χ3n) is 4.06. The number of ether oxygens (including phenoxy) is 1. The molecule has 0 aromatic carbocycles. The quantitative estimate of drug-likeness (QED) is 0.194. The second-order valence-electron chi connectivity index (χ2n) is 6.35. The molecule has 0 rings (SSSR count). The fourth-order valence-corrected chi connectivity index (χ4v) is 2.49. The van der Waals surface area contributed by atoms with E-state index < -0.39 is 0 Å². The lowest BCUT2D eigenvalue weighted by Gasteiger charge is -2.05. The maximum atomic E-state index is 11.8. The highest BCUT2D eigenvalue weighted by molar-refractivity contribution is 5.87. The summed E-state index contributed by atoms with van der Waals surface area (Å²) in [5.41, 5.74) is 0.777. The summed E-state index contributed by atoms with van der Waals surface area (Å²) in [5.74, 6) is -0.125. The summed E-state index contributed by atoms with van der Waals surface area (Å²) >= 11 is 0. The molecule has 0 heterocycles. The lowest BCUT2D eigenvalue weighted by Crippen LogP contribution is -2.07. The van der Waals surface area contributed by atoms with Crippen LogP contribution in [0, 0.1) is 0 Å². The molecule has 22 heavy (non-hydrogen) atoms. The molecule has 0 spiro atoms. The van der Waals surface area contributed by atoms with Gasteiger partial charge in [-0.15, -0.1) is 0 Å². The summed E-state index contributed by atoms with van der Waals surface area (Å²) in [4.78, 5) is 11.8.